The Kier molecular flexibility index (Phi) is 4.19. The molecule has 0 aliphatic heterocycles. The van der Waals surface area contributed by atoms with Gasteiger partial charge in [0.15, 0.2) is 10.9 Å². The maximum absolute atomic E-state index is 10.7. The minimum absolute atomic E-state index is 0.140. The summed E-state index contributed by atoms with van der Waals surface area (Å²) in [6.07, 6.45) is 3.49. The highest BCUT2D eigenvalue weighted by Gasteiger charge is 2.17. The van der Waals surface area contributed by atoms with Gasteiger partial charge in [0, 0.05) is 23.3 Å². The fraction of sp³-hybridized carbons (Fsp3) is 0.211. The van der Waals surface area contributed by atoms with Crippen LogP contribution in [0.1, 0.15) is 11.3 Å². The topological polar surface area (TPSA) is 82.3 Å². The molecular formula is C19H18N4O3S. The summed E-state index contributed by atoms with van der Waals surface area (Å²) in [6, 6.07) is 3.75. The van der Waals surface area contributed by atoms with Crippen molar-refractivity contribution < 1.29 is 14.6 Å². The molecule has 0 bridgehead atoms. The van der Waals surface area contributed by atoms with Crippen LogP contribution in [0.4, 0.5) is 0 Å². The molecule has 0 saturated heterocycles. The number of thiazole rings is 1. The minimum atomic E-state index is 0.140. The number of hydrogen-bond acceptors (Lipinski definition) is 7. The van der Waals surface area contributed by atoms with Gasteiger partial charge in [-0.2, -0.15) is 0 Å². The maximum Gasteiger partial charge on any atom is 0.256 e. The lowest BCUT2D eigenvalue weighted by Crippen LogP contribution is -1.95. The first-order valence-corrected chi connectivity index (χ1v) is 9.12. The van der Waals surface area contributed by atoms with Crippen LogP contribution in [0, 0.1) is 13.8 Å². The average molecular weight is 382 g/mol. The van der Waals surface area contributed by atoms with E-state index in [0.29, 0.717) is 27.7 Å². The summed E-state index contributed by atoms with van der Waals surface area (Å²) in [4.78, 5) is 13.4. The first-order valence-electron chi connectivity index (χ1n) is 8.24. The molecule has 0 radical (unpaired) electrons. The average Bonchev–Trinajstić information content (AvgIpc) is 3.24. The fourth-order valence-corrected chi connectivity index (χ4v) is 3.78. The Balaban J connectivity index is 1.87. The lowest BCUT2D eigenvalue weighted by atomic mass is 10.1. The Morgan fingerprint density at radius 2 is 1.93 bits per heavy atom. The standard InChI is InChI=1S/C19H18N4O3S/c1-10-5-13(12-6-15(25-3)17(26-4)20-7-12)22-14-8-23(18(24)16(10)14)19-21-11(2)9-27-19/h5-9,24H,1-4H3. The Bertz CT molecular complexity index is 1150. The fourth-order valence-electron chi connectivity index (χ4n) is 3.00. The zero-order chi connectivity index (χ0) is 19.1. The van der Waals surface area contributed by atoms with Crippen molar-refractivity contribution in [2.75, 3.05) is 14.2 Å². The molecule has 0 fully saturated rings. The van der Waals surface area contributed by atoms with E-state index in [1.165, 1.54) is 11.3 Å². The van der Waals surface area contributed by atoms with Gasteiger partial charge in [-0.3, -0.25) is 4.57 Å². The molecule has 4 aromatic heterocycles. The number of aromatic hydroxyl groups is 1. The largest absolute Gasteiger partial charge is 0.494 e. The first-order chi connectivity index (χ1) is 13.0. The van der Waals surface area contributed by atoms with Crippen molar-refractivity contribution in [2.24, 2.45) is 0 Å². The number of methoxy groups -OCH3 is 2. The van der Waals surface area contributed by atoms with Crippen molar-refractivity contribution in [1.29, 1.82) is 0 Å². The molecule has 0 aliphatic carbocycles. The van der Waals surface area contributed by atoms with Crippen molar-refractivity contribution in [2.45, 2.75) is 13.8 Å². The van der Waals surface area contributed by atoms with Gasteiger partial charge < -0.3 is 14.6 Å². The SMILES string of the molecule is COc1cc(-c2cc(C)c3c(O)n(-c4nc(C)cs4)cc3n2)cnc1OC. The molecule has 0 atom stereocenters. The lowest BCUT2D eigenvalue weighted by molar-refractivity contribution is 0.343. The second-order valence-electron chi connectivity index (χ2n) is 6.11. The van der Waals surface area contributed by atoms with Gasteiger partial charge in [-0.15, -0.1) is 11.3 Å². The van der Waals surface area contributed by atoms with Crippen LogP contribution in [0.25, 0.3) is 27.3 Å². The van der Waals surface area contributed by atoms with Gasteiger partial charge in [0.05, 0.1) is 36.5 Å². The monoisotopic (exact) mass is 382 g/mol. The predicted octanol–water partition coefficient (Wildman–Crippen LogP) is 3.88. The lowest BCUT2D eigenvalue weighted by Gasteiger charge is -2.09. The van der Waals surface area contributed by atoms with Crippen molar-refractivity contribution in [3.63, 3.8) is 0 Å². The molecule has 27 heavy (non-hydrogen) atoms. The molecule has 8 heteroatoms. The Labute approximate surface area is 159 Å². The summed E-state index contributed by atoms with van der Waals surface area (Å²) < 4.78 is 12.2. The Hall–Kier alpha value is -3.13. The van der Waals surface area contributed by atoms with Crippen LogP contribution in [-0.2, 0) is 0 Å². The van der Waals surface area contributed by atoms with Crippen molar-refractivity contribution in [3.05, 3.63) is 41.2 Å². The molecule has 0 amide bonds. The van der Waals surface area contributed by atoms with Gasteiger partial charge in [-0.25, -0.2) is 15.0 Å². The van der Waals surface area contributed by atoms with E-state index in [2.05, 4.69) is 9.97 Å². The van der Waals surface area contributed by atoms with Gasteiger partial charge in [0.2, 0.25) is 5.88 Å². The number of fused-ring (bicyclic) bond motifs is 1. The summed E-state index contributed by atoms with van der Waals surface area (Å²) in [5.41, 5.74) is 4.05. The third-order valence-corrected chi connectivity index (χ3v) is 5.25. The first kappa shape index (κ1) is 17.3. The number of rotatable bonds is 4. The molecule has 7 nitrogen and oxygen atoms in total. The molecule has 0 unspecified atom stereocenters. The highest BCUT2D eigenvalue weighted by Crippen LogP contribution is 2.36. The highest BCUT2D eigenvalue weighted by molar-refractivity contribution is 7.12. The summed E-state index contributed by atoms with van der Waals surface area (Å²) in [7, 11) is 3.12. The Morgan fingerprint density at radius 3 is 2.59 bits per heavy atom. The van der Waals surface area contributed by atoms with Gasteiger partial charge in [-0.1, -0.05) is 0 Å². The van der Waals surface area contributed by atoms with Crippen LogP contribution in [-0.4, -0.2) is 38.8 Å². The number of pyridine rings is 2. The molecule has 138 valence electrons. The van der Waals surface area contributed by atoms with Gasteiger partial charge in [-0.05, 0) is 31.5 Å². The van der Waals surface area contributed by atoms with Gasteiger partial charge in [0.1, 0.15) is 0 Å². The van der Waals surface area contributed by atoms with E-state index in [1.54, 1.807) is 31.2 Å². The number of ether oxygens (including phenoxy) is 2. The maximum atomic E-state index is 10.7. The summed E-state index contributed by atoms with van der Waals surface area (Å²) in [5.74, 6) is 1.09. The molecule has 4 aromatic rings. The normalized spacial score (nSPS) is 11.1. The van der Waals surface area contributed by atoms with Crippen LogP contribution < -0.4 is 9.47 Å². The van der Waals surface area contributed by atoms with Crippen LogP contribution >= 0.6 is 11.3 Å². The second-order valence-corrected chi connectivity index (χ2v) is 6.95. The molecule has 4 rings (SSSR count). The summed E-state index contributed by atoms with van der Waals surface area (Å²) in [6.45, 7) is 3.87. The van der Waals surface area contributed by atoms with E-state index in [9.17, 15) is 5.11 Å². The predicted molar refractivity (Wildman–Crippen MR) is 104 cm³/mol. The number of hydrogen-bond donors (Lipinski definition) is 1. The zero-order valence-corrected chi connectivity index (χ0v) is 16.2. The molecule has 4 heterocycles. The second kappa shape index (κ2) is 6.55. The van der Waals surface area contributed by atoms with Crippen LogP contribution in [0.3, 0.4) is 0 Å². The van der Waals surface area contributed by atoms with E-state index in [4.69, 9.17) is 14.5 Å². The number of nitrogens with zero attached hydrogens (tertiary/aromatic N) is 4. The summed E-state index contributed by atoms with van der Waals surface area (Å²) >= 11 is 1.47. The van der Waals surface area contributed by atoms with E-state index in [-0.39, 0.29) is 5.88 Å². The van der Waals surface area contributed by atoms with Crippen LogP contribution in [0.2, 0.25) is 0 Å². The van der Waals surface area contributed by atoms with Gasteiger partial charge in [0.25, 0.3) is 5.88 Å². The number of aromatic nitrogens is 4. The van der Waals surface area contributed by atoms with Gasteiger partial charge >= 0.3 is 0 Å². The minimum Gasteiger partial charge on any atom is -0.494 e. The number of aryl methyl sites for hydroxylation is 2. The van der Waals surface area contributed by atoms with Crippen LogP contribution in [0.15, 0.2) is 29.9 Å². The van der Waals surface area contributed by atoms with Crippen molar-refractivity contribution in [3.8, 4) is 33.9 Å². The van der Waals surface area contributed by atoms with Crippen molar-refractivity contribution >= 4 is 22.2 Å². The molecule has 1 N–H and O–H groups in total. The third-order valence-electron chi connectivity index (χ3n) is 4.29. The van der Waals surface area contributed by atoms with E-state index >= 15 is 0 Å². The van der Waals surface area contributed by atoms with Crippen molar-refractivity contribution in [1.82, 2.24) is 19.5 Å². The smallest absolute Gasteiger partial charge is 0.256 e. The Morgan fingerprint density at radius 1 is 1.11 bits per heavy atom. The van der Waals surface area contributed by atoms with Crippen LogP contribution in [0.5, 0.6) is 17.5 Å². The third kappa shape index (κ3) is 2.87. The molecule has 0 saturated carbocycles. The quantitative estimate of drug-likeness (QED) is 0.577. The highest BCUT2D eigenvalue weighted by atomic mass is 32.1. The molecular weight excluding hydrogens is 364 g/mol. The molecule has 0 aromatic carbocycles. The molecule has 0 aliphatic rings. The zero-order valence-electron chi connectivity index (χ0n) is 15.3. The van der Waals surface area contributed by atoms with E-state index in [0.717, 1.165) is 22.5 Å². The molecule has 0 spiro atoms. The van der Waals surface area contributed by atoms with E-state index < -0.39 is 0 Å². The summed E-state index contributed by atoms with van der Waals surface area (Å²) in [5, 5.41) is 14.0. The van der Waals surface area contributed by atoms with E-state index in [1.807, 2.05) is 31.4 Å².